The van der Waals surface area contributed by atoms with E-state index >= 15 is 0 Å². The number of carbonyl (C=O) groups excluding carboxylic acids is 2. The number of hydrogen-bond donors (Lipinski definition) is 7. The number of allylic oxidation sites excluding steroid dienone is 1. The van der Waals surface area contributed by atoms with Crippen LogP contribution in [0.5, 0.6) is 0 Å². The zero-order valence-electron chi connectivity index (χ0n) is 26.6. The highest BCUT2D eigenvalue weighted by atomic mass is 32.2. The fourth-order valence-electron chi connectivity index (χ4n) is 7.80. The molecule has 0 saturated carbocycles. The van der Waals surface area contributed by atoms with E-state index in [1.807, 2.05) is 46.8 Å². The molecule has 1 spiro atoms. The van der Waals surface area contributed by atoms with Crippen LogP contribution in [0.15, 0.2) is 21.7 Å². The van der Waals surface area contributed by atoms with Crippen LogP contribution in [0.25, 0.3) is 12.2 Å². The number of epoxide rings is 1. The molecule has 0 aliphatic carbocycles. The first-order chi connectivity index (χ1) is 21.7. The van der Waals surface area contributed by atoms with Gasteiger partial charge in [0.1, 0.15) is 6.10 Å². The number of aromatic nitrogens is 1. The number of ether oxygens (including phenoxy) is 1. The second-order valence-corrected chi connectivity index (χ2v) is 15.2. The summed E-state index contributed by atoms with van der Waals surface area (Å²) in [4.78, 5) is 53.3. The van der Waals surface area contributed by atoms with Crippen molar-refractivity contribution in [3.05, 3.63) is 43.6 Å². The molecule has 6 rings (SSSR count). The lowest BCUT2D eigenvalue weighted by molar-refractivity contribution is -0.138. The summed E-state index contributed by atoms with van der Waals surface area (Å²) in [6, 6.07) is -0.457. The van der Waals surface area contributed by atoms with Gasteiger partial charge >= 0.3 is 11.9 Å². The SMILES string of the molecule is Cc1c(CCC(=O)O)/c(=C/C2=C(CCC(=O)O)C(C)[C@@]3(N2)O[C@H]3C2NC(=O)[C@H](C)[C@H]2[C@@H](C)S)[nH]/c1=C/[C@H]1NC(=O)/C(=C2\CS2)C1C. The van der Waals surface area contributed by atoms with Crippen molar-refractivity contribution >= 4 is 60.3 Å². The maximum atomic E-state index is 12.7. The molecule has 46 heavy (non-hydrogen) atoms. The standard InChI is InChI=1S/C33H42N4O7S2/c1-13-18(6-8-25(38)39)22(34-20(13)10-21-14(2)28(24-12-46-24)32(43)35-21)11-23-19(7-9-26(40)41)16(4)33(37-23)30(44-33)29-27(17(5)45)15(3)31(42)36-29/h10-11,14-17,21,27,29-30,34,37,45H,6-9,12H2,1-5H3,(H,35,43)(H,36,42)(H,38,39)(H,40,41)/b20-10+,22-11-,28-24+/t14?,15-,16?,17-,21-,27+,29?,30+,33-/m1/s1. The molecular weight excluding hydrogens is 629 g/mol. The molecule has 5 aliphatic rings. The summed E-state index contributed by atoms with van der Waals surface area (Å²) in [5.41, 5.74) is 3.41. The van der Waals surface area contributed by atoms with Crippen molar-refractivity contribution in [3.63, 3.8) is 0 Å². The lowest BCUT2D eigenvalue weighted by atomic mass is 9.83. The van der Waals surface area contributed by atoms with Gasteiger partial charge in [-0.15, -0.1) is 11.8 Å². The zero-order valence-corrected chi connectivity index (χ0v) is 28.3. The van der Waals surface area contributed by atoms with Gasteiger partial charge < -0.3 is 35.9 Å². The normalized spacial score (nSPS) is 36.3. The topological polar surface area (TPSA) is 173 Å². The fourth-order valence-corrected chi connectivity index (χ4v) is 8.90. The predicted molar refractivity (Wildman–Crippen MR) is 177 cm³/mol. The van der Waals surface area contributed by atoms with Gasteiger partial charge in [-0.2, -0.15) is 12.6 Å². The summed E-state index contributed by atoms with van der Waals surface area (Å²) in [5, 5.41) is 30.4. The van der Waals surface area contributed by atoms with E-state index in [9.17, 15) is 29.4 Å². The minimum Gasteiger partial charge on any atom is -0.481 e. The molecule has 248 valence electrons. The summed E-state index contributed by atoms with van der Waals surface area (Å²) in [7, 11) is 0. The number of aromatic amines is 1. The first-order valence-corrected chi connectivity index (χ1v) is 17.4. The quantitative estimate of drug-likeness (QED) is 0.111. The number of nitrogens with one attached hydrogen (secondary N) is 4. The minimum absolute atomic E-state index is 0.00387. The third-order valence-electron chi connectivity index (χ3n) is 10.5. The molecule has 0 bridgehead atoms. The van der Waals surface area contributed by atoms with Crippen molar-refractivity contribution in [2.24, 2.45) is 23.7 Å². The van der Waals surface area contributed by atoms with Crippen molar-refractivity contribution in [2.75, 3.05) is 5.75 Å². The van der Waals surface area contributed by atoms with Gasteiger partial charge in [0.25, 0.3) is 0 Å². The number of carbonyl (C=O) groups is 4. The fraction of sp³-hybridized carbons (Fsp3) is 0.576. The number of aliphatic carboxylic acids is 2. The van der Waals surface area contributed by atoms with Crippen LogP contribution in [0.1, 0.15) is 58.1 Å². The van der Waals surface area contributed by atoms with E-state index in [0.717, 1.165) is 49.3 Å². The van der Waals surface area contributed by atoms with E-state index in [2.05, 4.69) is 33.6 Å². The molecule has 1 aromatic heterocycles. The Labute approximate surface area is 277 Å². The van der Waals surface area contributed by atoms with Crippen molar-refractivity contribution in [3.8, 4) is 0 Å². The summed E-state index contributed by atoms with van der Waals surface area (Å²) in [6.45, 7) is 9.89. The Hall–Kier alpha value is -3.16. The summed E-state index contributed by atoms with van der Waals surface area (Å²) < 4.78 is 6.42. The Morgan fingerprint density at radius 1 is 1.09 bits per heavy atom. The highest BCUT2D eigenvalue weighted by Crippen LogP contribution is 2.54. The van der Waals surface area contributed by atoms with Gasteiger partial charge in [-0.25, -0.2) is 0 Å². The third kappa shape index (κ3) is 5.79. The maximum Gasteiger partial charge on any atom is 0.303 e. The Balaban J connectivity index is 1.38. The monoisotopic (exact) mass is 670 g/mol. The number of thioether (sulfide) groups is 1. The number of carboxylic acids is 2. The molecule has 11 nitrogen and oxygen atoms in total. The summed E-state index contributed by atoms with van der Waals surface area (Å²) >= 11 is 6.38. The van der Waals surface area contributed by atoms with E-state index in [1.54, 1.807) is 11.8 Å². The molecule has 9 atom stereocenters. The number of carboxylic acid groups (broad SMARTS) is 2. The van der Waals surface area contributed by atoms with Crippen molar-refractivity contribution in [1.82, 2.24) is 20.9 Å². The van der Waals surface area contributed by atoms with Crippen LogP contribution in [0.4, 0.5) is 0 Å². The average Bonchev–Trinajstić information content (AvgIpc) is 3.84. The number of amides is 2. The van der Waals surface area contributed by atoms with Crippen LogP contribution in [0.2, 0.25) is 0 Å². The van der Waals surface area contributed by atoms with Gasteiger partial charge in [-0.1, -0.05) is 27.7 Å². The van der Waals surface area contributed by atoms with Gasteiger partial charge in [0, 0.05) is 74.4 Å². The van der Waals surface area contributed by atoms with Crippen molar-refractivity contribution < 1.29 is 34.1 Å². The van der Waals surface area contributed by atoms with Gasteiger partial charge in [0.2, 0.25) is 11.8 Å². The molecule has 2 amide bonds. The molecule has 13 heteroatoms. The smallest absolute Gasteiger partial charge is 0.303 e. The van der Waals surface area contributed by atoms with E-state index in [1.165, 1.54) is 0 Å². The molecule has 0 aromatic carbocycles. The van der Waals surface area contributed by atoms with Gasteiger partial charge in [-0.05, 0) is 48.6 Å². The lowest BCUT2D eigenvalue weighted by Gasteiger charge is -2.24. The highest BCUT2D eigenvalue weighted by molar-refractivity contribution is 8.11. The van der Waals surface area contributed by atoms with Gasteiger partial charge in [0.05, 0.1) is 12.1 Å². The first-order valence-electron chi connectivity index (χ1n) is 15.9. The first kappa shape index (κ1) is 32.8. The molecule has 6 N–H and O–H groups in total. The van der Waals surface area contributed by atoms with Gasteiger partial charge in [0.15, 0.2) is 5.72 Å². The zero-order chi connectivity index (χ0) is 33.2. The maximum absolute atomic E-state index is 12.7. The molecule has 3 unspecified atom stereocenters. The van der Waals surface area contributed by atoms with Crippen molar-refractivity contribution in [2.45, 2.75) is 89.5 Å². The molecule has 6 heterocycles. The third-order valence-corrected chi connectivity index (χ3v) is 11.7. The predicted octanol–water partition coefficient (Wildman–Crippen LogP) is 1.56. The van der Waals surface area contributed by atoms with Crippen LogP contribution < -0.4 is 26.6 Å². The molecule has 1 aromatic rings. The largest absolute Gasteiger partial charge is 0.481 e. The molecule has 4 saturated heterocycles. The van der Waals surface area contributed by atoms with Crippen molar-refractivity contribution in [1.29, 1.82) is 0 Å². The Bertz CT molecular complexity index is 1690. The average molecular weight is 671 g/mol. The van der Waals surface area contributed by atoms with Crippen LogP contribution in [-0.2, 0) is 30.3 Å². The number of hydrogen-bond acceptors (Lipinski definition) is 8. The number of rotatable bonds is 10. The lowest BCUT2D eigenvalue weighted by Crippen LogP contribution is -2.45. The minimum atomic E-state index is -0.907. The van der Waals surface area contributed by atoms with E-state index in [0.29, 0.717) is 12.8 Å². The summed E-state index contributed by atoms with van der Waals surface area (Å²) in [6.07, 6.45) is 4.09. The molecule has 4 fully saturated rings. The second kappa shape index (κ2) is 12.1. The van der Waals surface area contributed by atoms with Gasteiger partial charge in [-0.3, -0.25) is 19.2 Å². The molecular formula is C33H42N4O7S2. The van der Waals surface area contributed by atoms with E-state index < -0.39 is 17.7 Å². The number of H-pyrrole nitrogens is 1. The Kier molecular flexibility index (Phi) is 8.64. The number of thiol groups is 1. The second-order valence-electron chi connectivity index (χ2n) is 13.3. The summed E-state index contributed by atoms with van der Waals surface area (Å²) in [5.74, 6) is -1.43. The highest BCUT2D eigenvalue weighted by Gasteiger charge is 2.69. The Morgan fingerprint density at radius 3 is 2.39 bits per heavy atom. The van der Waals surface area contributed by atoms with E-state index in [4.69, 9.17) is 4.74 Å². The van der Waals surface area contributed by atoms with Crippen LogP contribution in [-0.4, -0.2) is 73.9 Å². The Morgan fingerprint density at radius 2 is 1.76 bits per heavy atom. The van der Waals surface area contributed by atoms with Crippen LogP contribution >= 0.6 is 24.4 Å². The molecule has 0 radical (unpaired) electrons. The molecule has 5 aliphatic heterocycles. The van der Waals surface area contributed by atoms with Crippen LogP contribution in [0, 0.1) is 30.6 Å². The van der Waals surface area contributed by atoms with E-state index in [-0.39, 0.29) is 71.8 Å². The van der Waals surface area contributed by atoms with Crippen LogP contribution in [0.3, 0.4) is 0 Å².